The number of rotatable bonds is 6. The third-order valence-electron chi connectivity index (χ3n) is 3.27. The Labute approximate surface area is 130 Å². The Hall–Kier alpha value is -2.62. The summed E-state index contributed by atoms with van der Waals surface area (Å²) < 4.78 is 0. The van der Waals surface area contributed by atoms with Crippen molar-refractivity contribution >= 4 is 17.8 Å². The van der Waals surface area contributed by atoms with Gasteiger partial charge >= 0.3 is 0 Å². The molecule has 4 heteroatoms. The quantitative estimate of drug-likeness (QED) is 0.654. The molecule has 0 fully saturated rings. The van der Waals surface area contributed by atoms with Crippen LogP contribution in [0.3, 0.4) is 0 Å². The number of anilines is 1. The number of aryl methyl sites for hydroxylation is 2. The Morgan fingerprint density at radius 1 is 1.23 bits per heavy atom. The normalized spacial score (nSPS) is 10.6. The molecule has 0 aliphatic heterocycles. The van der Waals surface area contributed by atoms with Crippen molar-refractivity contribution in [3.05, 3.63) is 65.2 Å². The van der Waals surface area contributed by atoms with Crippen LogP contribution >= 0.6 is 0 Å². The molecular weight excluding hydrogens is 276 g/mol. The summed E-state index contributed by atoms with van der Waals surface area (Å²) in [5.41, 5.74) is 4.03. The first kappa shape index (κ1) is 15.8. The van der Waals surface area contributed by atoms with E-state index in [0.29, 0.717) is 0 Å². The lowest BCUT2D eigenvalue weighted by Gasteiger charge is -2.06. The monoisotopic (exact) mass is 296 g/mol. The predicted octanol–water partition coefficient (Wildman–Crippen LogP) is 3.55. The molecule has 2 aromatic rings. The van der Waals surface area contributed by atoms with Gasteiger partial charge in [-0.2, -0.15) is 0 Å². The highest BCUT2D eigenvalue weighted by Crippen LogP contribution is 2.11. The van der Waals surface area contributed by atoms with Crippen molar-refractivity contribution in [2.75, 3.05) is 11.9 Å². The molecule has 0 saturated heterocycles. The van der Waals surface area contributed by atoms with E-state index in [1.807, 2.05) is 55.5 Å². The third kappa shape index (κ3) is 4.74. The van der Waals surface area contributed by atoms with Crippen molar-refractivity contribution < 1.29 is 9.63 Å². The van der Waals surface area contributed by atoms with Crippen LogP contribution in [0.1, 0.15) is 23.6 Å². The molecule has 0 saturated carbocycles. The van der Waals surface area contributed by atoms with Crippen molar-refractivity contribution in [2.24, 2.45) is 5.16 Å². The van der Waals surface area contributed by atoms with Gasteiger partial charge in [-0.3, -0.25) is 4.79 Å². The summed E-state index contributed by atoms with van der Waals surface area (Å²) in [6, 6.07) is 15.6. The van der Waals surface area contributed by atoms with E-state index in [-0.39, 0.29) is 12.5 Å². The van der Waals surface area contributed by atoms with Gasteiger partial charge in [0.15, 0.2) is 6.61 Å². The average molecular weight is 296 g/mol. The van der Waals surface area contributed by atoms with Crippen LogP contribution in [0.15, 0.2) is 53.7 Å². The number of nitrogens with one attached hydrogen (secondary N) is 1. The van der Waals surface area contributed by atoms with Crippen LogP contribution in [-0.2, 0) is 16.1 Å². The summed E-state index contributed by atoms with van der Waals surface area (Å²) in [5.74, 6) is -0.227. The van der Waals surface area contributed by atoms with Gasteiger partial charge in [-0.1, -0.05) is 48.5 Å². The van der Waals surface area contributed by atoms with Gasteiger partial charge in [-0.15, -0.1) is 0 Å². The van der Waals surface area contributed by atoms with Gasteiger partial charge in [0.25, 0.3) is 5.91 Å². The molecule has 1 amide bonds. The van der Waals surface area contributed by atoms with Crippen molar-refractivity contribution in [2.45, 2.75) is 20.3 Å². The van der Waals surface area contributed by atoms with Gasteiger partial charge in [-0.05, 0) is 42.2 Å². The van der Waals surface area contributed by atoms with Crippen molar-refractivity contribution in [3.63, 3.8) is 0 Å². The number of hydrogen-bond acceptors (Lipinski definition) is 3. The predicted molar refractivity (Wildman–Crippen MR) is 89.2 cm³/mol. The molecule has 2 rings (SSSR count). The summed E-state index contributed by atoms with van der Waals surface area (Å²) in [6.45, 7) is 3.96. The van der Waals surface area contributed by atoms with Crippen LogP contribution in [0, 0.1) is 6.92 Å². The van der Waals surface area contributed by atoms with Crippen LogP contribution in [0.25, 0.3) is 0 Å². The molecule has 1 N–H and O–H groups in total. The number of benzene rings is 2. The van der Waals surface area contributed by atoms with E-state index in [1.54, 1.807) is 6.21 Å². The Morgan fingerprint density at radius 3 is 2.82 bits per heavy atom. The lowest BCUT2D eigenvalue weighted by molar-refractivity contribution is -0.120. The molecule has 0 aromatic heterocycles. The molecule has 0 bridgehead atoms. The highest BCUT2D eigenvalue weighted by atomic mass is 16.6. The number of carbonyl (C=O) groups excluding carboxylic acids is 1. The largest absolute Gasteiger partial charge is 0.386 e. The zero-order valence-corrected chi connectivity index (χ0v) is 12.9. The minimum atomic E-state index is -0.227. The standard InChI is InChI=1S/C18H20N2O2/c1-3-15-8-6-10-17(11-15)20-18(21)13-22-19-12-16-9-5-4-7-14(16)2/h4-12H,3,13H2,1-2H3,(H,20,21)/b19-12-. The van der Waals surface area contributed by atoms with Gasteiger partial charge in [0.2, 0.25) is 0 Å². The molecule has 0 heterocycles. The van der Waals surface area contributed by atoms with Crippen LogP contribution in [0.2, 0.25) is 0 Å². The second-order valence-corrected chi connectivity index (χ2v) is 4.97. The fourth-order valence-corrected chi connectivity index (χ4v) is 1.99. The van der Waals surface area contributed by atoms with Crippen LogP contribution in [0.5, 0.6) is 0 Å². The SMILES string of the molecule is CCc1cccc(NC(=O)CO/N=C\c2ccccc2C)c1. The minimum absolute atomic E-state index is 0.112. The second kappa shape index (κ2) is 7.98. The number of nitrogens with zero attached hydrogens (tertiary/aromatic N) is 1. The maximum atomic E-state index is 11.8. The zero-order chi connectivity index (χ0) is 15.8. The molecule has 0 unspecified atom stereocenters. The zero-order valence-electron chi connectivity index (χ0n) is 12.9. The van der Waals surface area contributed by atoms with E-state index in [0.717, 1.165) is 23.2 Å². The number of hydrogen-bond donors (Lipinski definition) is 1. The summed E-state index contributed by atoms with van der Waals surface area (Å²) in [5, 5.41) is 6.62. The van der Waals surface area contributed by atoms with Gasteiger partial charge in [0.1, 0.15) is 0 Å². The summed E-state index contributed by atoms with van der Waals surface area (Å²) in [4.78, 5) is 16.8. The summed E-state index contributed by atoms with van der Waals surface area (Å²) in [7, 11) is 0. The molecule has 0 spiro atoms. The van der Waals surface area contributed by atoms with E-state index in [1.165, 1.54) is 5.56 Å². The van der Waals surface area contributed by atoms with Gasteiger partial charge in [0.05, 0.1) is 6.21 Å². The van der Waals surface area contributed by atoms with Crippen molar-refractivity contribution in [1.29, 1.82) is 0 Å². The Bertz CT molecular complexity index is 666. The van der Waals surface area contributed by atoms with Crippen molar-refractivity contribution in [1.82, 2.24) is 0 Å². The topological polar surface area (TPSA) is 50.7 Å². The number of amides is 1. The van der Waals surface area contributed by atoms with Crippen molar-refractivity contribution in [3.8, 4) is 0 Å². The fraction of sp³-hybridized carbons (Fsp3) is 0.222. The van der Waals surface area contributed by atoms with E-state index in [4.69, 9.17) is 4.84 Å². The highest BCUT2D eigenvalue weighted by molar-refractivity contribution is 5.91. The van der Waals surface area contributed by atoms with Gasteiger partial charge in [0, 0.05) is 5.69 Å². The van der Waals surface area contributed by atoms with Gasteiger partial charge < -0.3 is 10.2 Å². The van der Waals surface area contributed by atoms with E-state index in [9.17, 15) is 4.79 Å². The molecule has 0 radical (unpaired) electrons. The first-order chi connectivity index (χ1) is 10.7. The second-order valence-electron chi connectivity index (χ2n) is 4.97. The van der Waals surface area contributed by atoms with E-state index >= 15 is 0 Å². The van der Waals surface area contributed by atoms with Crippen LogP contribution in [-0.4, -0.2) is 18.7 Å². The van der Waals surface area contributed by atoms with E-state index in [2.05, 4.69) is 17.4 Å². The average Bonchev–Trinajstić information content (AvgIpc) is 2.53. The Balaban J connectivity index is 1.81. The maximum absolute atomic E-state index is 11.8. The smallest absolute Gasteiger partial charge is 0.265 e. The minimum Gasteiger partial charge on any atom is -0.386 e. The molecule has 2 aromatic carbocycles. The molecule has 0 aliphatic carbocycles. The maximum Gasteiger partial charge on any atom is 0.265 e. The van der Waals surface area contributed by atoms with Crippen LogP contribution < -0.4 is 5.32 Å². The Morgan fingerprint density at radius 2 is 2.05 bits per heavy atom. The fourth-order valence-electron chi connectivity index (χ4n) is 1.99. The van der Waals surface area contributed by atoms with Gasteiger partial charge in [-0.25, -0.2) is 0 Å². The number of carbonyl (C=O) groups is 1. The summed E-state index contributed by atoms with van der Waals surface area (Å²) in [6.07, 6.45) is 2.54. The highest BCUT2D eigenvalue weighted by Gasteiger charge is 2.03. The molecular formula is C18H20N2O2. The van der Waals surface area contributed by atoms with Crippen LogP contribution in [0.4, 0.5) is 5.69 Å². The Kier molecular flexibility index (Phi) is 5.72. The first-order valence-corrected chi connectivity index (χ1v) is 7.29. The first-order valence-electron chi connectivity index (χ1n) is 7.29. The number of oxime groups is 1. The molecule has 0 aliphatic rings. The molecule has 0 atom stereocenters. The summed E-state index contributed by atoms with van der Waals surface area (Å²) >= 11 is 0. The van der Waals surface area contributed by atoms with E-state index < -0.39 is 0 Å². The molecule has 4 nitrogen and oxygen atoms in total. The third-order valence-corrected chi connectivity index (χ3v) is 3.27. The lowest BCUT2D eigenvalue weighted by atomic mass is 10.1. The lowest BCUT2D eigenvalue weighted by Crippen LogP contribution is -2.17. The molecule has 114 valence electrons. The molecule has 22 heavy (non-hydrogen) atoms.